The van der Waals surface area contributed by atoms with E-state index in [0.29, 0.717) is 12.6 Å². The Morgan fingerprint density at radius 2 is 2.00 bits per heavy atom. The molecule has 19 heavy (non-hydrogen) atoms. The van der Waals surface area contributed by atoms with Gasteiger partial charge < -0.3 is 10.2 Å². The van der Waals surface area contributed by atoms with E-state index in [9.17, 15) is 4.39 Å². The van der Waals surface area contributed by atoms with E-state index in [1.165, 1.54) is 19.3 Å². The molecule has 106 valence electrons. The molecule has 0 radical (unpaired) electrons. The van der Waals surface area contributed by atoms with Crippen LogP contribution in [-0.2, 0) is 6.54 Å². The van der Waals surface area contributed by atoms with Crippen molar-refractivity contribution < 1.29 is 4.39 Å². The summed E-state index contributed by atoms with van der Waals surface area (Å²) in [6.45, 7) is 6.87. The quantitative estimate of drug-likeness (QED) is 0.892. The Kier molecular flexibility index (Phi) is 4.14. The second kappa shape index (κ2) is 5.49. The molecule has 2 rings (SSSR count). The van der Waals surface area contributed by atoms with Crippen LogP contribution in [0.1, 0.15) is 45.6 Å². The fraction of sp³-hybridized carbons (Fsp3) is 0.625. The summed E-state index contributed by atoms with van der Waals surface area (Å²) in [4.78, 5) is 2.24. The lowest BCUT2D eigenvalue weighted by atomic mass is 9.91. The van der Waals surface area contributed by atoms with E-state index in [-0.39, 0.29) is 11.4 Å². The number of nitrogens with one attached hydrogen (secondary N) is 1. The molecule has 1 N–H and O–H groups in total. The first kappa shape index (κ1) is 14.3. The van der Waals surface area contributed by atoms with E-state index in [2.05, 4.69) is 38.0 Å². The molecule has 1 saturated carbocycles. The summed E-state index contributed by atoms with van der Waals surface area (Å²) in [6, 6.07) is 5.97. The van der Waals surface area contributed by atoms with Crippen LogP contribution < -0.4 is 10.2 Å². The van der Waals surface area contributed by atoms with Crippen molar-refractivity contribution in [3.05, 3.63) is 29.6 Å². The number of hydrogen-bond acceptors (Lipinski definition) is 2. The lowest BCUT2D eigenvalue weighted by molar-refractivity contribution is 0.396. The lowest BCUT2D eigenvalue weighted by Gasteiger charge is -2.37. The lowest BCUT2D eigenvalue weighted by Crippen LogP contribution is -2.39. The molecule has 0 aromatic heterocycles. The van der Waals surface area contributed by atoms with Gasteiger partial charge in [-0.05, 0) is 52.2 Å². The van der Waals surface area contributed by atoms with Crippen molar-refractivity contribution in [3.8, 4) is 0 Å². The number of rotatable bonds is 4. The molecule has 0 amide bonds. The summed E-state index contributed by atoms with van der Waals surface area (Å²) in [7, 11) is 2.08. The van der Waals surface area contributed by atoms with Crippen molar-refractivity contribution in [2.45, 2.75) is 58.2 Å². The average Bonchev–Trinajstić information content (AvgIpc) is 2.23. The molecule has 0 unspecified atom stereocenters. The van der Waals surface area contributed by atoms with Crippen molar-refractivity contribution >= 4 is 5.69 Å². The minimum Gasteiger partial charge on any atom is -0.371 e. The van der Waals surface area contributed by atoms with Crippen LogP contribution >= 0.6 is 0 Å². The maximum atomic E-state index is 14.1. The molecule has 1 aliphatic rings. The minimum absolute atomic E-state index is 0.00536. The molecule has 3 heteroatoms. The van der Waals surface area contributed by atoms with Gasteiger partial charge in [0.25, 0.3) is 0 Å². The van der Waals surface area contributed by atoms with Gasteiger partial charge in [0.05, 0.1) is 0 Å². The predicted molar refractivity (Wildman–Crippen MR) is 79.0 cm³/mol. The first-order valence-corrected chi connectivity index (χ1v) is 7.14. The number of anilines is 1. The van der Waals surface area contributed by atoms with Crippen molar-refractivity contribution in [2.75, 3.05) is 11.9 Å². The van der Waals surface area contributed by atoms with Crippen molar-refractivity contribution in [1.82, 2.24) is 5.32 Å². The van der Waals surface area contributed by atoms with Crippen LogP contribution in [0, 0.1) is 5.82 Å². The molecule has 1 aromatic carbocycles. The van der Waals surface area contributed by atoms with Crippen molar-refractivity contribution in [1.29, 1.82) is 0 Å². The molecule has 0 atom stereocenters. The maximum absolute atomic E-state index is 14.1. The van der Waals surface area contributed by atoms with Gasteiger partial charge in [-0.3, -0.25) is 0 Å². The maximum Gasteiger partial charge on any atom is 0.129 e. The van der Waals surface area contributed by atoms with Gasteiger partial charge in [0.2, 0.25) is 0 Å². The standard InChI is InChI=1S/C16H25FN2/c1-16(2,3)18-11-13-14(17)9-6-10-15(13)19(4)12-7-5-8-12/h6,9-10,12,18H,5,7-8,11H2,1-4H3. The van der Waals surface area contributed by atoms with Crippen LogP contribution in [0.3, 0.4) is 0 Å². The Bertz CT molecular complexity index is 433. The van der Waals surface area contributed by atoms with Gasteiger partial charge in [-0.1, -0.05) is 6.07 Å². The number of halogens is 1. The molecule has 0 bridgehead atoms. The molecule has 0 aliphatic heterocycles. The third-order valence-corrected chi connectivity index (χ3v) is 3.89. The Morgan fingerprint density at radius 3 is 2.53 bits per heavy atom. The van der Waals surface area contributed by atoms with Gasteiger partial charge in [0.15, 0.2) is 0 Å². The van der Waals surface area contributed by atoms with E-state index in [0.717, 1.165) is 11.3 Å². The number of hydrogen-bond donors (Lipinski definition) is 1. The molecule has 0 saturated heterocycles. The minimum atomic E-state index is -0.111. The number of benzene rings is 1. The predicted octanol–water partition coefficient (Wildman–Crippen LogP) is 3.70. The third-order valence-electron chi connectivity index (χ3n) is 3.89. The Labute approximate surface area is 116 Å². The Hall–Kier alpha value is -1.09. The largest absolute Gasteiger partial charge is 0.371 e. The van der Waals surface area contributed by atoms with Gasteiger partial charge >= 0.3 is 0 Å². The van der Waals surface area contributed by atoms with Gasteiger partial charge in [-0.2, -0.15) is 0 Å². The van der Waals surface area contributed by atoms with Gasteiger partial charge in [-0.25, -0.2) is 4.39 Å². The van der Waals surface area contributed by atoms with Gasteiger partial charge in [0.1, 0.15) is 5.82 Å². The van der Waals surface area contributed by atoms with E-state index in [1.807, 2.05) is 6.07 Å². The topological polar surface area (TPSA) is 15.3 Å². The summed E-state index contributed by atoms with van der Waals surface area (Å²) < 4.78 is 14.1. The van der Waals surface area contributed by atoms with E-state index >= 15 is 0 Å². The Balaban J connectivity index is 2.19. The van der Waals surface area contributed by atoms with Crippen molar-refractivity contribution in [2.24, 2.45) is 0 Å². The molecule has 1 aliphatic carbocycles. The highest BCUT2D eigenvalue weighted by Crippen LogP contribution is 2.31. The van der Waals surface area contributed by atoms with Gasteiger partial charge in [0, 0.05) is 36.4 Å². The van der Waals surface area contributed by atoms with Crippen LogP contribution in [0.4, 0.5) is 10.1 Å². The molecular formula is C16H25FN2. The molecule has 0 spiro atoms. The van der Waals surface area contributed by atoms with E-state index in [1.54, 1.807) is 12.1 Å². The number of nitrogens with zero attached hydrogens (tertiary/aromatic N) is 1. The zero-order chi connectivity index (χ0) is 14.0. The van der Waals surface area contributed by atoms with E-state index < -0.39 is 0 Å². The molecule has 0 heterocycles. The first-order valence-electron chi connectivity index (χ1n) is 7.14. The third kappa shape index (κ3) is 3.47. The molecule has 1 fully saturated rings. The Morgan fingerprint density at radius 1 is 1.32 bits per heavy atom. The second-order valence-corrected chi connectivity index (χ2v) is 6.54. The van der Waals surface area contributed by atoms with E-state index in [4.69, 9.17) is 0 Å². The summed E-state index contributed by atoms with van der Waals surface area (Å²) in [5, 5.41) is 3.38. The highest BCUT2D eigenvalue weighted by molar-refractivity contribution is 5.54. The molecular weight excluding hydrogens is 239 g/mol. The zero-order valence-corrected chi connectivity index (χ0v) is 12.5. The van der Waals surface area contributed by atoms with Crippen LogP contribution in [0.25, 0.3) is 0 Å². The fourth-order valence-corrected chi connectivity index (χ4v) is 2.38. The van der Waals surface area contributed by atoms with Crippen LogP contribution in [-0.4, -0.2) is 18.6 Å². The normalized spacial score (nSPS) is 16.3. The average molecular weight is 264 g/mol. The van der Waals surface area contributed by atoms with Crippen LogP contribution in [0.2, 0.25) is 0 Å². The SMILES string of the molecule is CN(c1cccc(F)c1CNC(C)(C)C)C1CCC1. The summed E-state index contributed by atoms with van der Waals surface area (Å²) >= 11 is 0. The fourth-order valence-electron chi connectivity index (χ4n) is 2.38. The summed E-state index contributed by atoms with van der Waals surface area (Å²) in [5.41, 5.74) is 1.81. The molecule has 1 aromatic rings. The van der Waals surface area contributed by atoms with Crippen LogP contribution in [0.5, 0.6) is 0 Å². The highest BCUT2D eigenvalue weighted by atomic mass is 19.1. The molecule has 2 nitrogen and oxygen atoms in total. The highest BCUT2D eigenvalue weighted by Gasteiger charge is 2.25. The summed E-state index contributed by atoms with van der Waals surface area (Å²) in [6.07, 6.45) is 3.73. The summed E-state index contributed by atoms with van der Waals surface area (Å²) in [5.74, 6) is -0.111. The monoisotopic (exact) mass is 264 g/mol. The zero-order valence-electron chi connectivity index (χ0n) is 12.5. The van der Waals surface area contributed by atoms with Crippen LogP contribution in [0.15, 0.2) is 18.2 Å². The first-order chi connectivity index (χ1) is 8.88. The second-order valence-electron chi connectivity index (χ2n) is 6.54. The smallest absolute Gasteiger partial charge is 0.129 e. The van der Waals surface area contributed by atoms with Gasteiger partial charge in [-0.15, -0.1) is 0 Å². The van der Waals surface area contributed by atoms with Crippen molar-refractivity contribution in [3.63, 3.8) is 0 Å².